The summed E-state index contributed by atoms with van der Waals surface area (Å²) in [4.78, 5) is 7.69. The molecule has 3 rings (SSSR count). The quantitative estimate of drug-likeness (QED) is 0.319. The van der Waals surface area contributed by atoms with Gasteiger partial charge in [-0.1, -0.05) is 19.3 Å². The fourth-order valence-corrected chi connectivity index (χ4v) is 4.93. The van der Waals surface area contributed by atoms with Crippen LogP contribution in [-0.2, 0) is 14.2 Å². The molecule has 2 saturated heterocycles. The second kappa shape index (κ2) is 13.5. The zero-order chi connectivity index (χ0) is 20.9. The van der Waals surface area contributed by atoms with E-state index in [0.29, 0.717) is 5.92 Å². The monoisotopic (exact) mass is 424 g/mol. The van der Waals surface area contributed by atoms with Gasteiger partial charge in [-0.15, -0.1) is 0 Å². The van der Waals surface area contributed by atoms with Gasteiger partial charge in [-0.2, -0.15) is 0 Å². The maximum Gasteiger partial charge on any atom is 0.191 e. The Bertz CT molecular complexity index is 485. The molecule has 0 bridgehead atoms. The number of aliphatic imine (C=N–C) groups is 1. The first-order valence-electron chi connectivity index (χ1n) is 12.3. The molecule has 174 valence electrons. The molecule has 2 aliphatic heterocycles. The zero-order valence-electron chi connectivity index (χ0n) is 19.1. The summed E-state index contributed by atoms with van der Waals surface area (Å²) in [5.41, 5.74) is 0.219. The topological polar surface area (TPSA) is 67.4 Å². The normalized spacial score (nSPS) is 24.0. The average molecular weight is 425 g/mol. The van der Waals surface area contributed by atoms with Crippen molar-refractivity contribution in [3.05, 3.63) is 0 Å². The van der Waals surface area contributed by atoms with Gasteiger partial charge in [-0.25, -0.2) is 0 Å². The van der Waals surface area contributed by atoms with Crippen LogP contribution in [-0.4, -0.2) is 88.8 Å². The average Bonchev–Trinajstić information content (AvgIpc) is 2.81. The molecular formula is C23H44N4O3. The Morgan fingerprint density at radius 1 is 1.03 bits per heavy atom. The molecule has 0 amide bonds. The highest BCUT2D eigenvalue weighted by molar-refractivity contribution is 5.79. The van der Waals surface area contributed by atoms with Crippen molar-refractivity contribution in [1.82, 2.24) is 15.5 Å². The van der Waals surface area contributed by atoms with Crippen molar-refractivity contribution in [2.75, 3.05) is 72.4 Å². The van der Waals surface area contributed by atoms with Gasteiger partial charge < -0.3 is 24.8 Å². The van der Waals surface area contributed by atoms with E-state index in [4.69, 9.17) is 19.2 Å². The van der Waals surface area contributed by atoms with Gasteiger partial charge in [0.15, 0.2) is 5.96 Å². The van der Waals surface area contributed by atoms with Crippen molar-refractivity contribution >= 4 is 5.96 Å². The molecule has 1 saturated carbocycles. The van der Waals surface area contributed by atoms with E-state index in [2.05, 4.69) is 22.5 Å². The Morgan fingerprint density at radius 2 is 1.77 bits per heavy atom. The lowest BCUT2D eigenvalue weighted by atomic mass is 9.80. The first-order valence-corrected chi connectivity index (χ1v) is 12.3. The highest BCUT2D eigenvalue weighted by atomic mass is 16.5. The number of morpholine rings is 1. The van der Waals surface area contributed by atoms with Gasteiger partial charge in [0.05, 0.1) is 19.8 Å². The maximum atomic E-state index is 5.89. The summed E-state index contributed by atoms with van der Waals surface area (Å²) in [6.45, 7) is 12.1. The van der Waals surface area contributed by atoms with Crippen molar-refractivity contribution < 1.29 is 14.2 Å². The lowest BCUT2D eigenvalue weighted by molar-refractivity contribution is -0.0333. The lowest BCUT2D eigenvalue weighted by Crippen LogP contribution is -2.56. The van der Waals surface area contributed by atoms with Crippen LogP contribution in [0.3, 0.4) is 0 Å². The minimum absolute atomic E-state index is 0.219. The van der Waals surface area contributed by atoms with E-state index in [1.807, 2.05) is 0 Å². The molecule has 3 fully saturated rings. The third-order valence-electron chi connectivity index (χ3n) is 6.79. The third-order valence-corrected chi connectivity index (χ3v) is 6.79. The van der Waals surface area contributed by atoms with Crippen molar-refractivity contribution in [3.8, 4) is 0 Å². The first-order chi connectivity index (χ1) is 14.8. The number of nitrogens with one attached hydrogen (secondary N) is 2. The Morgan fingerprint density at radius 3 is 2.50 bits per heavy atom. The molecule has 2 N–H and O–H groups in total. The molecule has 0 radical (unpaired) electrons. The highest BCUT2D eigenvalue weighted by Crippen LogP contribution is 2.34. The van der Waals surface area contributed by atoms with Crippen molar-refractivity contribution in [2.24, 2.45) is 10.9 Å². The first kappa shape index (κ1) is 23.8. The van der Waals surface area contributed by atoms with Crippen LogP contribution in [0.25, 0.3) is 0 Å². The van der Waals surface area contributed by atoms with Gasteiger partial charge in [0.1, 0.15) is 0 Å². The van der Waals surface area contributed by atoms with Crippen molar-refractivity contribution in [3.63, 3.8) is 0 Å². The Hall–Kier alpha value is -0.890. The van der Waals surface area contributed by atoms with Crippen LogP contribution in [0.1, 0.15) is 58.3 Å². The molecule has 30 heavy (non-hydrogen) atoms. The second-order valence-corrected chi connectivity index (χ2v) is 8.99. The molecule has 0 aromatic carbocycles. The summed E-state index contributed by atoms with van der Waals surface area (Å²) in [5.74, 6) is 1.62. The molecule has 2 heterocycles. The molecule has 0 aromatic heterocycles. The van der Waals surface area contributed by atoms with E-state index in [-0.39, 0.29) is 5.54 Å². The highest BCUT2D eigenvalue weighted by Gasteiger charge is 2.38. The van der Waals surface area contributed by atoms with Crippen LogP contribution >= 0.6 is 0 Å². The predicted molar refractivity (Wildman–Crippen MR) is 121 cm³/mol. The van der Waals surface area contributed by atoms with E-state index in [9.17, 15) is 0 Å². The van der Waals surface area contributed by atoms with Gasteiger partial charge in [0, 0.05) is 58.1 Å². The largest absolute Gasteiger partial charge is 0.381 e. The summed E-state index contributed by atoms with van der Waals surface area (Å²) in [6, 6.07) is 0. The smallest absolute Gasteiger partial charge is 0.191 e. The summed E-state index contributed by atoms with van der Waals surface area (Å²) in [6.07, 6.45) is 9.81. The zero-order valence-corrected chi connectivity index (χ0v) is 19.1. The number of hydrogen-bond donors (Lipinski definition) is 2. The minimum Gasteiger partial charge on any atom is -0.381 e. The Kier molecular flexibility index (Phi) is 10.7. The van der Waals surface area contributed by atoms with Crippen molar-refractivity contribution in [2.45, 2.75) is 63.8 Å². The molecule has 0 aromatic rings. The summed E-state index contributed by atoms with van der Waals surface area (Å²) >= 11 is 0. The van der Waals surface area contributed by atoms with Gasteiger partial charge in [0.25, 0.3) is 0 Å². The second-order valence-electron chi connectivity index (χ2n) is 8.99. The molecule has 0 unspecified atom stereocenters. The predicted octanol–water partition coefficient (Wildman–Crippen LogP) is 2.41. The summed E-state index contributed by atoms with van der Waals surface area (Å²) in [7, 11) is 0. The van der Waals surface area contributed by atoms with Crippen molar-refractivity contribution in [1.29, 1.82) is 0 Å². The number of ether oxygens (including phenoxy) is 3. The summed E-state index contributed by atoms with van der Waals surface area (Å²) < 4.78 is 16.9. The standard InChI is InChI=1S/C23H44N4O3/c1-2-24-22(25-11-6-14-30-19-21-7-15-28-16-8-21)26-20-23(9-4-3-5-10-23)27-12-17-29-18-13-27/h21H,2-20H2,1H3,(H2,24,25,26). The van der Waals surface area contributed by atoms with E-state index in [1.54, 1.807) is 0 Å². The molecule has 7 nitrogen and oxygen atoms in total. The van der Waals surface area contributed by atoms with E-state index in [0.717, 1.165) is 97.6 Å². The molecule has 7 heteroatoms. The summed E-state index contributed by atoms with van der Waals surface area (Å²) in [5, 5.41) is 6.94. The molecular weight excluding hydrogens is 380 g/mol. The van der Waals surface area contributed by atoms with E-state index in [1.165, 1.54) is 32.1 Å². The van der Waals surface area contributed by atoms with Crippen LogP contribution < -0.4 is 10.6 Å². The number of nitrogens with zero attached hydrogens (tertiary/aromatic N) is 2. The molecule has 0 atom stereocenters. The van der Waals surface area contributed by atoms with Gasteiger partial charge in [-0.05, 0) is 44.9 Å². The van der Waals surface area contributed by atoms with Crippen LogP contribution in [0.5, 0.6) is 0 Å². The number of guanidine groups is 1. The maximum absolute atomic E-state index is 5.89. The fourth-order valence-electron chi connectivity index (χ4n) is 4.93. The molecule has 1 aliphatic carbocycles. The number of hydrogen-bond acceptors (Lipinski definition) is 5. The SMILES string of the molecule is CCNC(=NCC1(N2CCOCC2)CCCCC1)NCCCOCC1CCOCC1. The van der Waals surface area contributed by atoms with Crippen LogP contribution in [0.15, 0.2) is 4.99 Å². The fraction of sp³-hybridized carbons (Fsp3) is 0.957. The molecule has 0 spiro atoms. The van der Waals surface area contributed by atoms with Crippen LogP contribution in [0.4, 0.5) is 0 Å². The Labute approximate surface area is 183 Å². The minimum atomic E-state index is 0.219. The lowest BCUT2D eigenvalue weighted by Gasteiger charge is -2.47. The van der Waals surface area contributed by atoms with Crippen LogP contribution in [0, 0.1) is 5.92 Å². The van der Waals surface area contributed by atoms with E-state index >= 15 is 0 Å². The van der Waals surface area contributed by atoms with Gasteiger partial charge >= 0.3 is 0 Å². The van der Waals surface area contributed by atoms with E-state index < -0.39 is 0 Å². The Balaban J connectivity index is 1.41. The van der Waals surface area contributed by atoms with Gasteiger partial charge in [0.2, 0.25) is 0 Å². The van der Waals surface area contributed by atoms with Gasteiger partial charge in [-0.3, -0.25) is 9.89 Å². The van der Waals surface area contributed by atoms with Crippen LogP contribution in [0.2, 0.25) is 0 Å². The third kappa shape index (κ3) is 7.66. The number of rotatable bonds is 10. The molecule has 3 aliphatic rings.